The van der Waals surface area contributed by atoms with Crippen molar-refractivity contribution < 1.29 is 14.4 Å². The Bertz CT molecular complexity index is 626. The summed E-state index contributed by atoms with van der Waals surface area (Å²) >= 11 is 1.23. The van der Waals surface area contributed by atoms with E-state index in [1.165, 1.54) is 16.7 Å². The number of anilines is 1. The van der Waals surface area contributed by atoms with Gasteiger partial charge >= 0.3 is 0 Å². The van der Waals surface area contributed by atoms with Crippen LogP contribution in [0.4, 0.5) is 5.69 Å². The van der Waals surface area contributed by atoms with E-state index >= 15 is 0 Å². The van der Waals surface area contributed by atoms with E-state index in [-0.39, 0.29) is 41.3 Å². The SMILES string of the molecule is Cc1cccc(NC(=O)CSCC(=O)N(C)CC(=O)NC(C)(C)C)c1. The summed E-state index contributed by atoms with van der Waals surface area (Å²) in [5.74, 6) is -0.207. The summed E-state index contributed by atoms with van der Waals surface area (Å²) in [6.45, 7) is 7.61. The number of hydrogen-bond acceptors (Lipinski definition) is 4. The molecule has 0 radical (unpaired) electrons. The first kappa shape index (κ1) is 21.0. The molecular weight excluding hydrogens is 338 g/mol. The fourth-order valence-corrected chi connectivity index (χ4v) is 2.78. The monoisotopic (exact) mass is 365 g/mol. The van der Waals surface area contributed by atoms with Crippen molar-refractivity contribution in [3.8, 4) is 0 Å². The molecule has 7 heteroatoms. The van der Waals surface area contributed by atoms with Crippen LogP contribution in [0.1, 0.15) is 26.3 Å². The lowest BCUT2D eigenvalue weighted by Crippen LogP contribution is -2.46. The Hall–Kier alpha value is -2.02. The normalized spacial score (nSPS) is 10.9. The van der Waals surface area contributed by atoms with Gasteiger partial charge in [0, 0.05) is 18.3 Å². The molecule has 0 aliphatic heterocycles. The van der Waals surface area contributed by atoms with Crippen LogP contribution in [0.25, 0.3) is 0 Å². The summed E-state index contributed by atoms with van der Waals surface area (Å²) in [6.07, 6.45) is 0. The van der Waals surface area contributed by atoms with Crippen LogP contribution in [0.2, 0.25) is 0 Å². The van der Waals surface area contributed by atoms with Crippen molar-refractivity contribution in [1.82, 2.24) is 10.2 Å². The Morgan fingerprint density at radius 2 is 1.80 bits per heavy atom. The van der Waals surface area contributed by atoms with Crippen molar-refractivity contribution in [3.05, 3.63) is 29.8 Å². The molecule has 0 unspecified atom stereocenters. The molecule has 1 rings (SSSR count). The standard InChI is InChI=1S/C18H27N3O3S/c1-13-7-6-8-14(9-13)19-16(23)11-25-12-17(24)21(5)10-15(22)20-18(2,3)4/h6-9H,10-12H2,1-5H3,(H,19,23)(H,20,22). The number of hydrogen-bond donors (Lipinski definition) is 2. The maximum Gasteiger partial charge on any atom is 0.240 e. The van der Waals surface area contributed by atoms with Crippen LogP contribution < -0.4 is 10.6 Å². The Morgan fingerprint density at radius 1 is 1.12 bits per heavy atom. The maximum atomic E-state index is 12.0. The van der Waals surface area contributed by atoms with E-state index in [2.05, 4.69) is 10.6 Å². The van der Waals surface area contributed by atoms with Gasteiger partial charge in [0.25, 0.3) is 0 Å². The fourth-order valence-electron chi connectivity index (χ4n) is 2.02. The molecule has 0 aromatic heterocycles. The molecule has 0 fully saturated rings. The number of nitrogens with zero attached hydrogens (tertiary/aromatic N) is 1. The van der Waals surface area contributed by atoms with Crippen LogP contribution in [0.5, 0.6) is 0 Å². The van der Waals surface area contributed by atoms with Crippen molar-refractivity contribution in [3.63, 3.8) is 0 Å². The second-order valence-electron chi connectivity index (χ2n) is 6.96. The minimum absolute atomic E-state index is 0.00610. The number of nitrogens with one attached hydrogen (secondary N) is 2. The van der Waals surface area contributed by atoms with Gasteiger partial charge in [-0.15, -0.1) is 11.8 Å². The number of aryl methyl sites for hydroxylation is 1. The molecule has 0 heterocycles. The molecule has 0 aliphatic rings. The smallest absolute Gasteiger partial charge is 0.240 e. The number of thioether (sulfide) groups is 1. The molecule has 0 saturated heterocycles. The number of benzene rings is 1. The summed E-state index contributed by atoms with van der Waals surface area (Å²) in [4.78, 5) is 37.1. The minimum atomic E-state index is -0.330. The van der Waals surface area contributed by atoms with Crippen LogP contribution in [0.15, 0.2) is 24.3 Å². The average molecular weight is 365 g/mol. The van der Waals surface area contributed by atoms with Crippen LogP contribution in [0, 0.1) is 6.92 Å². The summed E-state index contributed by atoms with van der Waals surface area (Å²) in [6, 6.07) is 7.53. The van der Waals surface area contributed by atoms with Crippen LogP contribution in [-0.2, 0) is 14.4 Å². The van der Waals surface area contributed by atoms with E-state index in [0.29, 0.717) is 0 Å². The van der Waals surface area contributed by atoms with Gasteiger partial charge in [0.15, 0.2) is 0 Å². The van der Waals surface area contributed by atoms with E-state index in [0.717, 1.165) is 11.3 Å². The summed E-state index contributed by atoms with van der Waals surface area (Å²) < 4.78 is 0. The molecule has 25 heavy (non-hydrogen) atoms. The highest BCUT2D eigenvalue weighted by molar-refractivity contribution is 8.00. The van der Waals surface area contributed by atoms with Crippen molar-refractivity contribution in [1.29, 1.82) is 0 Å². The summed E-state index contributed by atoms with van der Waals surface area (Å²) in [5.41, 5.74) is 1.48. The van der Waals surface area contributed by atoms with E-state index in [1.54, 1.807) is 7.05 Å². The fraction of sp³-hybridized carbons (Fsp3) is 0.500. The highest BCUT2D eigenvalue weighted by Gasteiger charge is 2.18. The zero-order valence-corrected chi connectivity index (χ0v) is 16.3. The molecule has 0 bridgehead atoms. The largest absolute Gasteiger partial charge is 0.350 e. The van der Waals surface area contributed by atoms with E-state index in [4.69, 9.17) is 0 Å². The van der Waals surface area contributed by atoms with Gasteiger partial charge < -0.3 is 15.5 Å². The Kier molecular flexibility index (Phi) is 7.96. The number of carbonyl (C=O) groups excluding carboxylic acids is 3. The van der Waals surface area contributed by atoms with Gasteiger partial charge in [-0.2, -0.15) is 0 Å². The van der Waals surface area contributed by atoms with Crippen molar-refractivity contribution in [2.45, 2.75) is 33.2 Å². The highest BCUT2D eigenvalue weighted by Crippen LogP contribution is 2.10. The molecule has 0 spiro atoms. The zero-order chi connectivity index (χ0) is 19.0. The lowest BCUT2D eigenvalue weighted by molar-refractivity contribution is -0.133. The first-order valence-electron chi connectivity index (χ1n) is 8.06. The van der Waals surface area contributed by atoms with Gasteiger partial charge in [0.1, 0.15) is 0 Å². The van der Waals surface area contributed by atoms with Crippen molar-refractivity contribution >= 4 is 35.2 Å². The molecule has 1 aromatic rings. The topological polar surface area (TPSA) is 78.5 Å². The van der Waals surface area contributed by atoms with Gasteiger partial charge in [0.2, 0.25) is 17.7 Å². The average Bonchev–Trinajstić information content (AvgIpc) is 2.44. The van der Waals surface area contributed by atoms with Crippen LogP contribution in [-0.4, -0.2) is 53.3 Å². The second kappa shape index (κ2) is 9.46. The predicted octanol–water partition coefficient (Wildman–Crippen LogP) is 2.04. The second-order valence-corrected chi connectivity index (χ2v) is 7.94. The number of amides is 3. The number of carbonyl (C=O) groups is 3. The van der Waals surface area contributed by atoms with E-state index in [1.807, 2.05) is 52.0 Å². The molecule has 0 saturated carbocycles. The maximum absolute atomic E-state index is 12.0. The first-order valence-corrected chi connectivity index (χ1v) is 9.21. The van der Waals surface area contributed by atoms with Gasteiger partial charge in [-0.25, -0.2) is 0 Å². The molecule has 3 amide bonds. The lowest BCUT2D eigenvalue weighted by atomic mass is 10.1. The van der Waals surface area contributed by atoms with Crippen molar-refractivity contribution in [2.24, 2.45) is 0 Å². The Balaban J connectivity index is 2.31. The number of rotatable bonds is 7. The van der Waals surface area contributed by atoms with Gasteiger partial charge in [-0.3, -0.25) is 14.4 Å². The number of likely N-dealkylation sites (N-methyl/N-ethyl adjacent to an activating group) is 1. The third-order valence-corrected chi connectivity index (χ3v) is 4.00. The third kappa shape index (κ3) is 9.14. The molecule has 2 N–H and O–H groups in total. The zero-order valence-electron chi connectivity index (χ0n) is 15.5. The quantitative estimate of drug-likeness (QED) is 0.775. The van der Waals surface area contributed by atoms with Crippen LogP contribution in [0.3, 0.4) is 0 Å². The molecule has 6 nitrogen and oxygen atoms in total. The lowest BCUT2D eigenvalue weighted by Gasteiger charge is -2.23. The third-order valence-electron chi connectivity index (χ3n) is 3.08. The minimum Gasteiger partial charge on any atom is -0.350 e. The van der Waals surface area contributed by atoms with Crippen molar-refractivity contribution in [2.75, 3.05) is 30.4 Å². The van der Waals surface area contributed by atoms with E-state index < -0.39 is 0 Å². The Morgan fingerprint density at radius 3 is 2.40 bits per heavy atom. The predicted molar refractivity (Wildman–Crippen MR) is 103 cm³/mol. The van der Waals surface area contributed by atoms with Crippen LogP contribution >= 0.6 is 11.8 Å². The molecule has 0 atom stereocenters. The summed E-state index contributed by atoms with van der Waals surface area (Å²) in [7, 11) is 1.58. The molecule has 138 valence electrons. The van der Waals surface area contributed by atoms with Gasteiger partial charge in [-0.1, -0.05) is 12.1 Å². The molecule has 1 aromatic carbocycles. The van der Waals surface area contributed by atoms with Gasteiger partial charge in [-0.05, 0) is 45.4 Å². The summed E-state index contributed by atoms with van der Waals surface area (Å²) in [5, 5.41) is 5.60. The molecular formula is C18H27N3O3S. The van der Waals surface area contributed by atoms with Gasteiger partial charge in [0.05, 0.1) is 18.1 Å². The van der Waals surface area contributed by atoms with E-state index in [9.17, 15) is 14.4 Å². The molecule has 0 aliphatic carbocycles. The first-order chi connectivity index (χ1) is 11.6. The highest BCUT2D eigenvalue weighted by atomic mass is 32.2. The Labute approximate surface area is 153 Å².